The molecule has 0 bridgehead atoms. The molecule has 0 radical (unpaired) electrons. The van der Waals surface area contributed by atoms with E-state index in [2.05, 4.69) is 0 Å². The van der Waals surface area contributed by atoms with Gasteiger partial charge in [-0.1, -0.05) is 29.8 Å². The van der Waals surface area contributed by atoms with Crippen molar-refractivity contribution in [3.63, 3.8) is 0 Å². The molecule has 0 N–H and O–H groups in total. The van der Waals surface area contributed by atoms with E-state index in [1.165, 1.54) is 4.90 Å². The number of hydrogen-bond acceptors (Lipinski definition) is 3. The van der Waals surface area contributed by atoms with Crippen molar-refractivity contribution in [1.82, 2.24) is 0 Å². The first-order chi connectivity index (χ1) is 9.74. The van der Waals surface area contributed by atoms with Crippen LogP contribution in [0.3, 0.4) is 0 Å². The van der Waals surface area contributed by atoms with Gasteiger partial charge in [-0.05, 0) is 30.3 Å². The third kappa shape index (κ3) is 2.56. The Morgan fingerprint density at radius 3 is 2.80 bits per heavy atom. The van der Waals surface area contributed by atoms with E-state index in [0.717, 1.165) is 0 Å². The molecule has 0 atom stereocenters. The fourth-order valence-corrected chi connectivity index (χ4v) is 2.19. The summed E-state index contributed by atoms with van der Waals surface area (Å²) in [4.78, 5) is 13.8. The number of anilines is 1. The summed E-state index contributed by atoms with van der Waals surface area (Å²) in [5.74, 6) is 1.14. The Kier molecular flexibility index (Phi) is 3.48. The molecule has 3 rings (SSSR count). The van der Waals surface area contributed by atoms with Gasteiger partial charge in [0.15, 0.2) is 0 Å². The monoisotopic (exact) mass is 289 g/mol. The Morgan fingerprint density at radius 1 is 1.20 bits per heavy atom. The van der Waals surface area contributed by atoms with Gasteiger partial charge in [-0.3, -0.25) is 4.90 Å². The lowest BCUT2D eigenvalue weighted by molar-refractivity contribution is 0.202. The van der Waals surface area contributed by atoms with Gasteiger partial charge in [0.25, 0.3) is 0 Å². The predicted molar refractivity (Wildman–Crippen MR) is 76.8 cm³/mol. The summed E-state index contributed by atoms with van der Waals surface area (Å²) >= 11 is 5.97. The molecule has 0 unspecified atom stereocenters. The summed E-state index contributed by atoms with van der Waals surface area (Å²) in [5.41, 5.74) is 0.629. The van der Waals surface area contributed by atoms with Crippen LogP contribution in [0.5, 0.6) is 11.5 Å². The minimum atomic E-state index is -0.442. The average Bonchev–Trinajstić information content (AvgIpc) is 2.47. The highest BCUT2D eigenvalue weighted by atomic mass is 35.5. The largest absolute Gasteiger partial charge is 0.490 e. The van der Waals surface area contributed by atoms with E-state index >= 15 is 0 Å². The van der Waals surface area contributed by atoms with Gasteiger partial charge in [-0.25, -0.2) is 4.79 Å². The second-order valence-electron chi connectivity index (χ2n) is 4.29. The van der Waals surface area contributed by atoms with Crippen molar-refractivity contribution in [2.45, 2.75) is 0 Å². The van der Waals surface area contributed by atoms with Crippen LogP contribution in [-0.4, -0.2) is 19.2 Å². The van der Waals surface area contributed by atoms with Crippen molar-refractivity contribution in [1.29, 1.82) is 0 Å². The van der Waals surface area contributed by atoms with Gasteiger partial charge in [0.05, 0.1) is 12.2 Å². The maximum Gasteiger partial charge on any atom is 0.419 e. The van der Waals surface area contributed by atoms with Gasteiger partial charge >= 0.3 is 6.09 Å². The average molecular weight is 290 g/mol. The molecule has 102 valence electrons. The van der Waals surface area contributed by atoms with Gasteiger partial charge < -0.3 is 9.47 Å². The summed E-state index contributed by atoms with van der Waals surface area (Å²) in [6.45, 7) is 0.859. The SMILES string of the molecule is O=C(Oc1ccccc1)N1CCOc2ccc(Cl)cc21. The van der Waals surface area contributed by atoms with Crippen molar-refractivity contribution >= 4 is 23.4 Å². The number of rotatable bonds is 1. The van der Waals surface area contributed by atoms with E-state index in [-0.39, 0.29) is 0 Å². The van der Waals surface area contributed by atoms with E-state index < -0.39 is 6.09 Å². The number of para-hydroxylation sites is 1. The summed E-state index contributed by atoms with van der Waals surface area (Å²) in [6, 6.07) is 14.1. The van der Waals surface area contributed by atoms with Gasteiger partial charge in [-0.15, -0.1) is 0 Å². The number of nitrogens with zero attached hydrogens (tertiary/aromatic N) is 1. The van der Waals surface area contributed by atoms with Crippen LogP contribution in [0.15, 0.2) is 48.5 Å². The Bertz CT molecular complexity index is 630. The number of benzene rings is 2. The lowest BCUT2D eigenvalue weighted by Crippen LogP contribution is -2.39. The van der Waals surface area contributed by atoms with E-state index in [1.807, 2.05) is 18.2 Å². The van der Waals surface area contributed by atoms with Gasteiger partial charge in [-0.2, -0.15) is 0 Å². The van der Waals surface area contributed by atoms with Crippen molar-refractivity contribution < 1.29 is 14.3 Å². The molecule has 1 aliphatic heterocycles. The van der Waals surface area contributed by atoms with E-state index in [9.17, 15) is 4.79 Å². The zero-order valence-electron chi connectivity index (χ0n) is 10.6. The zero-order valence-corrected chi connectivity index (χ0v) is 11.3. The third-order valence-electron chi connectivity index (χ3n) is 2.95. The smallest absolute Gasteiger partial charge is 0.419 e. The molecule has 0 aliphatic carbocycles. The number of carbonyl (C=O) groups excluding carboxylic acids is 1. The fraction of sp³-hybridized carbons (Fsp3) is 0.133. The fourth-order valence-electron chi connectivity index (χ4n) is 2.02. The molecule has 5 heteroatoms. The molecular formula is C15H12ClNO3. The molecule has 0 fully saturated rings. The molecule has 2 aromatic rings. The lowest BCUT2D eigenvalue weighted by atomic mass is 10.2. The quantitative estimate of drug-likeness (QED) is 0.803. The summed E-state index contributed by atoms with van der Waals surface area (Å²) in [7, 11) is 0. The number of amides is 1. The maximum absolute atomic E-state index is 12.2. The first-order valence-corrected chi connectivity index (χ1v) is 6.58. The van der Waals surface area contributed by atoms with Crippen LogP contribution < -0.4 is 14.4 Å². The Hall–Kier alpha value is -2.20. The molecule has 20 heavy (non-hydrogen) atoms. The molecule has 0 spiro atoms. The van der Waals surface area contributed by atoms with Crippen LogP contribution in [-0.2, 0) is 0 Å². The number of carbonyl (C=O) groups is 1. The molecule has 1 aliphatic rings. The highest BCUT2D eigenvalue weighted by molar-refractivity contribution is 6.31. The summed E-state index contributed by atoms with van der Waals surface area (Å²) in [5, 5.41) is 0.548. The highest BCUT2D eigenvalue weighted by Gasteiger charge is 2.25. The number of hydrogen-bond donors (Lipinski definition) is 0. The molecular weight excluding hydrogens is 278 g/mol. The van der Waals surface area contributed by atoms with Crippen molar-refractivity contribution in [2.75, 3.05) is 18.1 Å². The third-order valence-corrected chi connectivity index (χ3v) is 3.19. The topological polar surface area (TPSA) is 38.8 Å². The summed E-state index contributed by atoms with van der Waals surface area (Å²) in [6.07, 6.45) is -0.442. The predicted octanol–water partition coefficient (Wildman–Crippen LogP) is 3.74. The van der Waals surface area contributed by atoms with Crippen LogP contribution in [0.2, 0.25) is 5.02 Å². The first-order valence-electron chi connectivity index (χ1n) is 6.21. The molecule has 1 amide bonds. The van der Waals surface area contributed by atoms with Gasteiger partial charge in [0, 0.05) is 5.02 Å². The number of fused-ring (bicyclic) bond motifs is 1. The van der Waals surface area contributed by atoms with Crippen LogP contribution in [0.25, 0.3) is 0 Å². The van der Waals surface area contributed by atoms with E-state index in [0.29, 0.717) is 35.4 Å². The van der Waals surface area contributed by atoms with Crippen LogP contribution in [0.1, 0.15) is 0 Å². The van der Waals surface area contributed by atoms with E-state index in [1.54, 1.807) is 30.3 Å². The lowest BCUT2D eigenvalue weighted by Gasteiger charge is -2.28. The molecule has 0 saturated heterocycles. The molecule has 0 aromatic heterocycles. The van der Waals surface area contributed by atoms with Crippen LogP contribution in [0, 0.1) is 0 Å². The Balaban J connectivity index is 1.85. The van der Waals surface area contributed by atoms with Crippen molar-refractivity contribution in [3.05, 3.63) is 53.6 Å². The zero-order chi connectivity index (χ0) is 13.9. The normalized spacial score (nSPS) is 13.3. The minimum absolute atomic E-state index is 0.429. The summed E-state index contributed by atoms with van der Waals surface area (Å²) < 4.78 is 10.8. The second kappa shape index (κ2) is 5.43. The molecule has 0 saturated carbocycles. The molecule has 2 aromatic carbocycles. The Labute approximate surface area is 121 Å². The maximum atomic E-state index is 12.2. The van der Waals surface area contributed by atoms with E-state index in [4.69, 9.17) is 21.1 Å². The van der Waals surface area contributed by atoms with Crippen molar-refractivity contribution in [3.8, 4) is 11.5 Å². The van der Waals surface area contributed by atoms with Gasteiger partial charge in [0.1, 0.15) is 18.1 Å². The van der Waals surface area contributed by atoms with Crippen LogP contribution in [0.4, 0.5) is 10.5 Å². The number of halogens is 1. The second-order valence-corrected chi connectivity index (χ2v) is 4.73. The van der Waals surface area contributed by atoms with Gasteiger partial charge in [0.2, 0.25) is 0 Å². The molecule has 1 heterocycles. The minimum Gasteiger partial charge on any atom is -0.490 e. The van der Waals surface area contributed by atoms with Crippen molar-refractivity contribution in [2.24, 2.45) is 0 Å². The highest BCUT2D eigenvalue weighted by Crippen LogP contribution is 2.34. The first kappa shape index (κ1) is 12.8. The Morgan fingerprint density at radius 2 is 2.00 bits per heavy atom. The standard InChI is InChI=1S/C15H12ClNO3/c16-11-6-7-14-13(10-11)17(8-9-19-14)15(18)20-12-4-2-1-3-5-12/h1-7,10H,8-9H2. The molecule has 4 nitrogen and oxygen atoms in total. The van der Waals surface area contributed by atoms with Crippen LogP contribution >= 0.6 is 11.6 Å². The number of ether oxygens (including phenoxy) is 2.